The van der Waals surface area contributed by atoms with Crippen LogP contribution in [0.3, 0.4) is 0 Å². The van der Waals surface area contributed by atoms with Crippen molar-refractivity contribution in [3.63, 3.8) is 0 Å². The van der Waals surface area contributed by atoms with Gasteiger partial charge in [0.15, 0.2) is 0 Å². The smallest absolute Gasteiger partial charge is 0.220 e. The van der Waals surface area contributed by atoms with Crippen LogP contribution in [0.1, 0.15) is 38.5 Å². The van der Waals surface area contributed by atoms with E-state index in [-0.39, 0.29) is 29.9 Å². The number of hydrogen-bond donors (Lipinski definition) is 2. The minimum Gasteiger partial charge on any atom is -0.396 e. The van der Waals surface area contributed by atoms with E-state index in [0.717, 1.165) is 19.3 Å². The first-order valence-corrected chi connectivity index (χ1v) is 8.43. The van der Waals surface area contributed by atoms with Crippen LogP contribution < -0.4 is 5.32 Å². The standard InChI is InChI=1S/C12H23NO4S/c14-7-3-1-2-6-13-12(15)10-11-4-8-18(16,17)9-5-11/h11,14H,1-10H2,(H,13,15). The average molecular weight is 277 g/mol. The van der Waals surface area contributed by atoms with Crippen LogP contribution in [0.2, 0.25) is 0 Å². The number of aliphatic hydroxyl groups excluding tert-OH is 1. The van der Waals surface area contributed by atoms with Crippen molar-refractivity contribution in [2.24, 2.45) is 5.92 Å². The number of hydrogen-bond acceptors (Lipinski definition) is 4. The number of unbranched alkanes of at least 4 members (excludes halogenated alkanes) is 2. The second kappa shape index (κ2) is 7.74. The van der Waals surface area contributed by atoms with Gasteiger partial charge in [0, 0.05) is 19.6 Å². The third-order valence-electron chi connectivity index (χ3n) is 3.31. The van der Waals surface area contributed by atoms with E-state index in [9.17, 15) is 13.2 Å². The number of aliphatic hydroxyl groups is 1. The Morgan fingerprint density at radius 3 is 2.44 bits per heavy atom. The van der Waals surface area contributed by atoms with Crippen molar-refractivity contribution < 1.29 is 18.3 Å². The number of sulfone groups is 1. The highest BCUT2D eigenvalue weighted by Gasteiger charge is 2.24. The lowest BCUT2D eigenvalue weighted by Crippen LogP contribution is -2.30. The van der Waals surface area contributed by atoms with E-state index in [0.29, 0.717) is 25.8 Å². The highest BCUT2D eigenvalue weighted by molar-refractivity contribution is 7.91. The minimum atomic E-state index is -2.83. The van der Waals surface area contributed by atoms with Gasteiger partial charge in [-0.25, -0.2) is 8.42 Å². The van der Waals surface area contributed by atoms with Crippen molar-refractivity contribution >= 4 is 15.7 Å². The summed E-state index contributed by atoms with van der Waals surface area (Å²) in [5.41, 5.74) is 0. The van der Waals surface area contributed by atoms with E-state index in [4.69, 9.17) is 5.11 Å². The van der Waals surface area contributed by atoms with Crippen molar-refractivity contribution in [1.82, 2.24) is 5.32 Å². The third-order valence-corrected chi connectivity index (χ3v) is 5.02. The Kier molecular flexibility index (Phi) is 6.63. The van der Waals surface area contributed by atoms with Crippen molar-refractivity contribution in [2.75, 3.05) is 24.7 Å². The molecule has 0 atom stereocenters. The van der Waals surface area contributed by atoms with E-state index in [1.807, 2.05) is 0 Å². The van der Waals surface area contributed by atoms with Gasteiger partial charge in [-0.05, 0) is 38.0 Å². The SMILES string of the molecule is O=C(CC1CCS(=O)(=O)CC1)NCCCCCO. The highest BCUT2D eigenvalue weighted by Crippen LogP contribution is 2.21. The van der Waals surface area contributed by atoms with E-state index in [2.05, 4.69) is 5.32 Å². The second-order valence-corrected chi connectivity index (χ2v) is 7.24. The number of amides is 1. The maximum atomic E-state index is 11.6. The zero-order valence-corrected chi connectivity index (χ0v) is 11.5. The molecule has 1 saturated heterocycles. The van der Waals surface area contributed by atoms with Crippen LogP contribution in [0.25, 0.3) is 0 Å². The van der Waals surface area contributed by atoms with Gasteiger partial charge in [0.05, 0.1) is 11.5 Å². The van der Waals surface area contributed by atoms with Crippen LogP contribution in [0.5, 0.6) is 0 Å². The molecule has 5 nitrogen and oxygen atoms in total. The summed E-state index contributed by atoms with van der Waals surface area (Å²) in [5.74, 6) is 0.678. The fraction of sp³-hybridized carbons (Fsp3) is 0.917. The Labute approximate surface area is 109 Å². The van der Waals surface area contributed by atoms with Crippen molar-refractivity contribution in [1.29, 1.82) is 0 Å². The van der Waals surface area contributed by atoms with Gasteiger partial charge in [0.25, 0.3) is 0 Å². The first-order chi connectivity index (χ1) is 8.53. The predicted octanol–water partition coefficient (Wildman–Crippen LogP) is 0.480. The van der Waals surface area contributed by atoms with E-state index >= 15 is 0 Å². The number of rotatable bonds is 7. The van der Waals surface area contributed by atoms with Crippen molar-refractivity contribution in [2.45, 2.75) is 38.5 Å². The summed E-state index contributed by atoms with van der Waals surface area (Å²) in [6.45, 7) is 0.842. The molecule has 1 rings (SSSR count). The summed E-state index contributed by atoms with van der Waals surface area (Å²) in [6, 6.07) is 0. The number of carbonyl (C=O) groups is 1. The summed E-state index contributed by atoms with van der Waals surface area (Å²) in [7, 11) is -2.83. The summed E-state index contributed by atoms with van der Waals surface area (Å²) in [4.78, 5) is 11.6. The molecule has 1 heterocycles. The zero-order valence-electron chi connectivity index (χ0n) is 10.7. The molecule has 0 aliphatic carbocycles. The third kappa shape index (κ3) is 6.35. The van der Waals surface area contributed by atoms with Crippen LogP contribution in [-0.2, 0) is 14.6 Å². The molecule has 1 fully saturated rings. The van der Waals surface area contributed by atoms with E-state index < -0.39 is 9.84 Å². The molecule has 106 valence electrons. The highest BCUT2D eigenvalue weighted by atomic mass is 32.2. The number of carbonyl (C=O) groups excluding carboxylic acids is 1. The minimum absolute atomic E-state index is 0.0169. The average Bonchev–Trinajstić information content (AvgIpc) is 2.32. The van der Waals surface area contributed by atoms with Gasteiger partial charge in [-0.15, -0.1) is 0 Å². The Morgan fingerprint density at radius 2 is 1.83 bits per heavy atom. The summed E-state index contributed by atoms with van der Waals surface area (Å²) in [5, 5.41) is 11.4. The van der Waals surface area contributed by atoms with Gasteiger partial charge < -0.3 is 10.4 Å². The maximum absolute atomic E-state index is 11.6. The largest absolute Gasteiger partial charge is 0.396 e. The summed E-state index contributed by atoms with van der Waals surface area (Å²) in [6.07, 6.45) is 4.23. The Balaban J connectivity index is 2.10. The molecule has 1 amide bonds. The van der Waals surface area contributed by atoms with Crippen LogP contribution in [-0.4, -0.2) is 44.1 Å². The van der Waals surface area contributed by atoms with Crippen molar-refractivity contribution in [3.8, 4) is 0 Å². The Morgan fingerprint density at radius 1 is 1.17 bits per heavy atom. The molecular weight excluding hydrogens is 254 g/mol. The van der Waals surface area contributed by atoms with Gasteiger partial charge in [-0.1, -0.05) is 0 Å². The molecule has 0 aromatic heterocycles. The van der Waals surface area contributed by atoms with Crippen LogP contribution >= 0.6 is 0 Å². The van der Waals surface area contributed by atoms with Crippen LogP contribution in [0.15, 0.2) is 0 Å². The Hall–Kier alpha value is -0.620. The molecule has 0 spiro atoms. The molecule has 6 heteroatoms. The first-order valence-electron chi connectivity index (χ1n) is 6.61. The summed E-state index contributed by atoms with van der Waals surface area (Å²) < 4.78 is 22.5. The fourth-order valence-corrected chi connectivity index (χ4v) is 3.71. The molecule has 0 aromatic rings. The molecular formula is C12H23NO4S. The normalized spacial score (nSPS) is 19.6. The van der Waals surface area contributed by atoms with Gasteiger partial charge in [-0.3, -0.25) is 4.79 Å². The predicted molar refractivity (Wildman–Crippen MR) is 69.9 cm³/mol. The maximum Gasteiger partial charge on any atom is 0.220 e. The van der Waals surface area contributed by atoms with E-state index in [1.54, 1.807) is 0 Å². The lowest BCUT2D eigenvalue weighted by Gasteiger charge is -2.21. The number of nitrogens with one attached hydrogen (secondary N) is 1. The quantitative estimate of drug-likeness (QED) is 0.663. The molecule has 0 radical (unpaired) electrons. The first kappa shape index (κ1) is 15.4. The second-order valence-electron chi connectivity index (χ2n) is 4.93. The van der Waals surface area contributed by atoms with Crippen LogP contribution in [0, 0.1) is 5.92 Å². The molecule has 0 unspecified atom stereocenters. The molecule has 1 aliphatic heterocycles. The van der Waals surface area contributed by atoms with Crippen molar-refractivity contribution in [3.05, 3.63) is 0 Å². The zero-order chi connectivity index (χ0) is 13.4. The lowest BCUT2D eigenvalue weighted by atomic mass is 9.98. The molecule has 1 aliphatic rings. The molecule has 2 N–H and O–H groups in total. The molecule has 0 aromatic carbocycles. The van der Waals surface area contributed by atoms with Crippen LogP contribution in [0.4, 0.5) is 0 Å². The molecule has 18 heavy (non-hydrogen) atoms. The topological polar surface area (TPSA) is 83.5 Å². The van der Waals surface area contributed by atoms with E-state index in [1.165, 1.54) is 0 Å². The van der Waals surface area contributed by atoms with Gasteiger partial charge in [0.1, 0.15) is 9.84 Å². The summed E-state index contributed by atoms with van der Waals surface area (Å²) >= 11 is 0. The molecule has 0 saturated carbocycles. The van der Waals surface area contributed by atoms with Gasteiger partial charge in [0.2, 0.25) is 5.91 Å². The fourth-order valence-electron chi connectivity index (χ4n) is 2.12. The monoisotopic (exact) mass is 277 g/mol. The van der Waals surface area contributed by atoms with Gasteiger partial charge >= 0.3 is 0 Å². The molecule has 0 bridgehead atoms. The lowest BCUT2D eigenvalue weighted by molar-refractivity contribution is -0.122. The Bertz CT molecular complexity index is 339. The van der Waals surface area contributed by atoms with Gasteiger partial charge in [-0.2, -0.15) is 0 Å².